The molecule has 1 aliphatic heterocycles. The molecule has 108 valence electrons. The van der Waals surface area contributed by atoms with Crippen molar-refractivity contribution in [1.29, 1.82) is 0 Å². The standard InChI is InChI=1S/C12H21N3O2S2/c1-14(2)19(16,17)10-4-8-15-7-3-5-11(15)12-13-6-9-18-12/h6,9,11H,3-5,7-8,10H2,1-2H3/t11-/m1/s1. The van der Waals surface area contributed by atoms with Crippen molar-refractivity contribution in [3.8, 4) is 0 Å². The van der Waals surface area contributed by atoms with Crippen LogP contribution in [0.5, 0.6) is 0 Å². The van der Waals surface area contributed by atoms with Gasteiger partial charge in [0.2, 0.25) is 10.0 Å². The maximum atomic E-state index is 11.7. The third kappa shape index (κ3) is 3.75. The van der Waals surface area contributed by atoms with Gasteiger partial charge in [-0.15, -0.1) is 11.3 Å². The van der Waals surface area contributed by atoms with E-state index in [-0.39, 0.29) is 5.75 Å². The molecule has 5 nitrogen and oxygen atoms in total. The molecule has 0 spiro atoms. The predicted octanol–water partition coefficient (Wildman–Crippen LogP) is 1.56. The highest BCUT2D eigenvalue weighted by molar-refractivity contribution is 7.89. The smallest absolute Gasteiger partial charge is 0.213 e. The maximum Gasteiger partial charge on any atom is 0.213 e. The van der Waals surface area contributed by atoms with Crippen molar-refractivity contribution in [3.63, 3.8) is 0 Å². The van der Waals surface area contributed by atoms with Gasteiger partial charge in [-0.3, -0.25) is 4.90 Å². The van der Waals surface area contributed by atoms with Crippen LogP contribution in [-0.4, -0.2) is 55.5 Å². The molecular formula is C12H21N3O2S2. The van der Waals surface area contributed by atoms with Crippen molar-refractivity contribution in [3.05, 3.63) is 16.6 Å². The zero-order valence-electron chi connectivity index (χ0n) is 11.4. The lowest BCUT2D eigenvalue weighted by molar-refractivity contribution is 0.257. The van der Waals surface area contributed by atoms with Crippen LogP contribution in [0, 0.1) is 0 Å². The van der Waals surface area contributed by atoms with Crippen LogP contribution in [0.2, 0.25) is 0 Å². The number of sulfonamides is 1. The molecule has 1 fully saturated rings. The summed E-state index contributed by atoms with van der Waals surface area (Å²) in [6, 6.07) is 0.391. The minimum absolute atomic E-state index is 0.223. The molecule has 2 rings (SSSR count). The molecule has 19 heavy (non-hydrogen) atoms. The highest BCUT2D eigenvalue weighted by Gasteiger charge is 2.27. The fraction of sp³-hybridized carbons (Fsp3) is 0.750. The molecule has 0 unspecified atom stereocenters. The Balaban J connectivity index is 1.86. The number of hydrogen-bond acceptors (Lipinski definition) is 5. The van der Waals surface area contributed by atoms with Crippen LogP contribution in [0.1, 0.15) is 30.3 Å². The van der Waals surface area contributed by atoms with Gasteiger partial charge < -0.3 is 0 Å². The maximum absolute atomic E-state index is 11.7. The first-order valence-electron chi connectivity index (χ1n) is 6.54. The molecular weight excluding hydrogens is 282 g/mol. The van der Waals surface area contributed by atoms with E-state index in [1.165, 1.54) is 10.7 Å². The zero-order chi connectivity index (χ0) is 13.9. The summed E-state index contributed by atoms with van der Waals surface area (Å²) in [6.45, 7) is 1.88. The summed E-state index contributed by atoms with van der Waals surface area (Å²) >= 11 is 1.69. The molecule has 2 heterocycles. The summed E-state index contributed by atoms with van der Waals surface area (Å²) in [6.07, 6.45) is 4.83. The minimum Gasteiger partial charge on any atom is -0.294 e. The zero-order valence-corrected chi connectivity index (χ0v) is 13.1. The molecule has 0 aromatic carbocycles. The molecule has 0 aliphatic carbocycles. The molecule has 1 aromatic heterocycles. The topological polar surface area (TPSA) is 53.5 Å². The number of hydrogen-bond donors (Lipinski definition) is 0. The summed E-state index contributed by atoms with van der Waals surface area (Å²) in [5.41, 5.74) is 0. The Hall–Kier alpha value is -0.500. The van der Waals surface area contributed by atoms with Crippen LogP contribution in [0.15, 0.2) is 11.6 Å². The van der Waals surface area contributed by atoms with Crippen molar-refractivity contribution in [2.24, 2.45) is 0 Å². The predicted molar refractivity (Wildman–Crippen MR) is 77.8 cm³/mol. The van der Waals surface area contributed by atoms with Crippen molar-refractivity contribution in [1.82, 2.24) is 14.2 Å². The lowest BCUT2D eigenvalue weighted by Crippen LogP contribution is -2.29. The Kier molecular flexibility index (Phi) is 4.94. The van der Waals surface area contributed by atoms with Crippen molar-refractivity contribution in [2.75, 3.05) is 32.9 Å². The largest absolute Gasteiger partial charge is 0.294 e. The normalized spacial score (nSPS) is 21.3. The van der Waals surface area contributed by atoms with Crippen LogP contribution in [0.4, 0.5) is 0 Å². The SMILES string of the molecule is CN(C)S(=O)(=O)CCCN1CCC[C@@H]1c1nccs1. The van der Waals surface area contributed by atoms with E-state index in [9.17, 15) is 8.42 Å². The highest BCUT2D eigenvalue weighted by Crippen LogP contribution is 2.32. The third-order valence-electron chi connectivity index (χ3n) is 3.50. The summed E-state index contributed by atoms with van der Waals surface area (Å²) in [5.74, 6) is 0.223. The summed E-state index contributed by atoms with van der Waals surface area (Å²) < 4.78 is 24.7. The first-order valence-corrected chi connectivity index (χ1v) is 9.03. The summed E-state index contributed by atoms with van der Waals surface area (Å²) in [7, 11) is 0.106. The fourth-order valence-corrected chi connectivity index (χ4v) is 4.07. The van der Waals surface area contributed by atoms with Gasteiger partial charge >= 0.3 is 0 Å². The first kappa shape index (κ1) is 14.9. The van der Waals surface area contributed by atoms with E-state index in [4.69, 9.17) is 0 Å². The monoisotopic (exact) mass is 303 g/mol. The van der Waals surface area contributed by atoms with Crippen molar-refractivity contribution in [2.45, 2.75) is 25.3 Å². The number of likely N-dealkylation sites (tertiary alicyclic amines) is 1. The lowest BCUT2D eigenvalue weighted by atomic mass is 10.2. The second-order valence-corrected chi connectivity index (χ2v) is 8.24. The van der Waals surface area contributed by atoms with Crippen LogP contribution in [0.3, 0.4) is 0 Å². The van der Waals surface area contributed by atoms with Crippen molar-refractivity contribution < 1.29 is 8.42 Å². The van der Waals surface area contributed by atoms with Crippen LogP contribution in [0.25, 0.3) is 0 Å². The Bertz CT molecular complexity index is 485. The van der Waals surface area contributed by atoms with E-state index in [0.717, 1.165) is 24.5 Å². The second-order valence-electron chi connectivity index (χ2n) is 5.02. The van der Waals surface area contributed by atoms with Gasteiger partial charge in [0.25, 0.3) is 0 Å². The highest BCUT2D eigenvalue weighted by atomic mass is 32.2. The Morgan fingerprint density at radius 1 is 1.53 bits per heavy atom. The lowest BCUT2D eigenvalue weighted by Gasteiger charge is -2.22. The van der Waals surface area contributed by atoms with Gasteiger partial charge in [-0.25, -0.2) is 17.7 Å². The Morgan fingerprint density at radius 3 is 2.95 bits per heavy atom. The molecule has 0 saturated carbocycles. The molecule has 0 amide bonds. The quantitative estimate of drug-likeness (QED) is 0.800. The van der Waals surface area contributed by atoms with Gasteiger partial charge in [0.15, 0.2) is 0 Å². The van der Waals surface area contributed by atoms with E-state index in [2.05, 4.69) is 9.88 Å². The molecule has 0 radical (unpaired) electrons. The van der Waals surface area contributed by atoms with E-state index in [1.807, 2.05) is 11.6 Å². The molecule has 1 aliphatic rings. The van der Waals surface area contributed by atoms with Crippen LogP contribution < -0.4 is 0 Å². The number of rotatable bonds is 6. The average Bonchev–Trinajstić information content (AvgIpc) is 2.97. The molecule has 0 N–H and O–H groups in total. The first-order chi connectivity index (χ1) is 9.00. The van der Waals surface area contributed by atoms with Gasteiger partial charge in [0, 0.05) is 25.7 Å². The number of thiazole rings is 1. The van der Waals surface area contributed by atoms with Crippen LogP contribution >= 0.6 is 11.3 Å². The average molecular weight is 303 g/mol. The van der Waals surface area contributed by atoms with Gasteiger partial charge in [-0.05, 0) is 32.4 Å². The molecule has 1 atom stereocenters. The fourth-order valence-electron chi connectivity index (χ4n) is 2.41. The summed E-state index contributed by atoms with van der Waals surface area (Å²) in [4.78, 5) is 6.75. The molecule has 1 aromatic rings. The summed E-state index contributed by atoms with van der Waals surface area (Å²) in [5, 5.41) is 3.16. The van der Waals surface area contributed by atoms with Gasteiger partial charge in [-0.1, -0.05) is 0 Å². The van der Waals surface area contributed by atoms with Gasteiger partial charge in [0.1, 0.15) is 5.01 Å². The second kappa shape index (κ2) is 6.30. The number of aromatic nitrogens is 1. The Labute approximate surface area is 119 Å². The van der Waals surface area contributed by atoms with E-state index >= 15 is 0 Å². The van der Waals surface area contributed by atoms with Crippen LogP contribution in [-0.2, 0) is 10.0 Å². The minimum atomic E-state index is -3.07. The van der Waals surface area contributed by atoms with Crippen molar-refractivity contribution >= 4 is 21.4 Å². The third-order valence-corrected chi connectivity index (χ3v) is 6.30. The van der Waals surface area contributed by atoms with E-state index < -0.39 is 10.0 Å². The van der Waals surface area contributed by atoms with Gasteiger partial charge in [-0.2, -0.15) is 0 Å². The molecule has 1 saturated heterocycles. The van der Waals surface area contributed by atoms with Gasteiger partial charge in [0.05, 0.1) is 11.8 Å². The molecule has 0 bridgehead atoms. The Morgan fingerprint density at radius 2 is 2.32 bits per heavy atom. The number of nitrogens with zero attached hydrogens (tertiary/aromatic N) is 3. The van der Waals surface area contributed by atoms with E-state index in [0.29, 0.717) is 12.5 Å². The van der Waals surface area contributed by atoms with E-state index in [1.54, 1.807) is 25.4 Å². The molecule has 7 heteroatoms.